The van der Waals surface area contributed by atoms with E-state index in [9.17, 15) is 9.67 Å². The monoisotopic (exact) mass is 274 g/mol. The molecular weight excluding hydrogens is 254 g/mol. The SMILES string of the molecule is CCOP(=O)(C=C([O-])O[Si](C)(C)C)OCC.[Li+]. The second-order valence-corrected chi connectivity index (χ2v) is 10.3. The maximum atomic E-state index is 11.9. The molecule has 0 atom stereocenters. The first-order valence-corrected chi connectivity index (χ1v) is 10.2. The van der Waals surface area contributed by atoms with Crippen molar-refractivity contribution in [3.8, 4) is 0 Å². The summed E-state index contributed by atoms with van der Waals surface area (Å²) in [6, 6.07) is 0. The molecule has 96 valence electrons. The van der Waals surface area contributed by atoms with Crippen LogP contribution in [0.5, 0.6) is 0 Å². The summed E-state index contributed by atoms with van der Waals surface area (Å²) >= 11 is 0. The second-order valence-electron chi connectivity index (χ2n) is 4.04. The summed E-state index contributed by atoms with van der Waals surface area (Å²) in [4.78, 5) is 0. The fourth-order valence-corrected chi connectivity index (χ4v) is 2.94. The summed E-state index contributed by atoms with van der Waals surface area (Å²) in [6.45, 7) is 9.40. The third kappa shape index (κ3) is 9.96. The van der Waals surface area contributed by atoms with Crippen molar-refractivity contribution in [3.63, 3.8) is 0 Å². The molecule has 0 aromatic heterocycles. The van der Waals surface area contributed by atoms with Gasteiger partial charge in [0, 0.05) is 5.82 Å². The van der Waals surface area contributed by atoms with E-state index in [0.717, 1.165) is 5.82 Å². The van der Waals surface area contributed by atoms with Gasteiger partial charge in [-0.15, -0.1) is 0 Å². The molecule has 0 heterocycles. The molecule has 0 radical (unpaired) electrons. The van der Waals surface area contributed by atoms with Crippen molar-refractivity contribution >= 4 is 15.9 Å². The van der Waals surface area contributed by atoms with Gasteiger partial charge < -0.3 is 18.6 Å². The van der Waals surface area contributed by atoms with Crippen molar-refractivity contribution < 1.29 is 42.0 Å². The minimum atomic E-state index is -3.44. The maximum Gasteiger partial charge on any atom is 1.00 e. The molecule has 0 aromatic carbocycles. The molecule has 0 aromatic rings. The molecule has 0 amide bonds. The summed E-state index contributed by atoms with van der Waals surface area (Å²) < 4.78 is 27.0. The van der Waals surface area contributed by atoms with Crippen LogP contribution >= 0.6 is 7.60 Å². The molecule has 5 nitrogen and oxygen atoms in total. The van der Waals surface area contributed by atoms with Gasteiger partial charge in [-0.25, -0.2) is 0 Å². The van der Waals surface area contributed by atoms with Gasteiger partial charge in [0.15, 0.2) is 0 Å². The minimum absolute atomic E-state index is 0. The first kappa shape index (κ1) is 19.6. The summed E-state index contributed by atoms with van der Waals surface area (Å²) in [7, 11) is -5.42. The molecule has 0 spiro atoms. The van der Waals surface area contributed by atoms with Crippen molar-refractivity contribution in [3.05, 3.63) is 11.8 Å². The van der Waals surface area contributed by atoms with Crippen molar-refractivity contribution in [2.24, 2.45) is 0 Å². The molecule has 0 aliphatic carbocycles. The predicted molar refractivity (Wildman–Crippen MR) is 63.4 cm³/mol. The van der Waals surface area contributed by atoms with Gasteiger partial charge in [-0.2, -0.15) is 0 Å². The van der Waals surface area contributed by atoms with Gasteiger partial charge in [-0.3, -0.25) is 4.57 Å². The van der Waals surface area contributed by atoms with Crippen LogP contribution in [0.1, 0.15) is 13.8 Å². The Morgan fingerprint density at radius 1 is 1.24 bits per heavy atom. The van der Waals surface area contributed by atoms with E-state index in [0.29, 0.717) is 0 Å². The van der Waals surface area contributed by atoms with Crippen LogP contribution in [0.25, 0.3) is 0 Å². The normalized spacial score (nSPS) is 13.1. The van der Waals surface area contributed by atoms with E-state index < -0.39 is 21.9 Å². The average molecular weight is 274 g/mol. The van der Waals surface area contributed by atoms with E-state index in [1.807, 2.05) is 19.6 Å². The van der Waals surface area contributed by atoms with E-state index in [2.05, 4.69) is 0 Å². The van der Waals surface area contributed by atoms with Crippen LogP contribution in [0.3, 0.4) is 0 Å². The number of hydrogen-bond acceptors (Lipinski definition) is 5. The molecule has 0 unspecified atom stereocenters. The largest absolute Gasteiger partial charge is 1.00 e. The Morgan fingerprint density at radius 2 is 1.65 bits per heavy atom. The van der Waals surface area contributed by atoms with Crippen LogP contribution in [0.4, 0.5) is 0 Å². The first-order chi connectivity index (χ1) is 7.22. The van der Waals surface area contributed by atoms with Crippen LogP contribution < -0.4 is 24.0 Å². The van der Waals surface area contributed by atoms with E-state index >= 15 is 0 Å². The Kier molecular flexibility index (Phi) is 9.72. The van der Waals surface area contributed by atoms with Crippen LogP contribution in [-0.2, 0) is 18.0 Å². The topological polar surface area (TPSA) is 67.8 Å². The molecule has 0 aliphatic heterocycles. The first-order valence-electron chi connectivity index (χ1n) is 5.20. The molecule has 0 N–H and O–H groups in total. The Labute approximate surface area is 116 Å². The van der Waals surface area contributed by atoms with Crippen LogP contribution in [0.2, 0.25) is 19.6 Å². The zero-order valence-corrected chi connectivity index (χ0v) is 13.4. The summed E-state index contributed by atoms with van der Waals surface area (Å²) in [6.07, 6.45) is 0. The van der Waals surface area contributed by atoms with Gasteiger partial charge in [-0.1, -0.05) is 19.6 Å². The smallest absolute Gasteiger partial charge is 0.634 e. The molecule has 0 bridgehead atoms. The molecule has 17 heavy (non-hydrogen) atoms. The van der Waals surface area contributed by atoms with Crippen molar-refractivity contribution in [1.29, 1.82) is 0 Å². The van der Waals surface area contributed by atoms with Gasteiger partial charge in [-0.05, 0) is 13.8 Å². The van der Waals surface area contributed by atoms with Gasteiger partial charge in [0.2, 0.25) is 0 Å². The minimum Gasteiger partial charge on any atom is -0.634 e. The number of hydrogen-bond donors (Lipinski definition) is 0. The third-order valence-electron chi connectivity index (χ3n) is 1.29. The van der Waals surface area contributed by atoms with Crippen LogP contribution in [0.15, 0.2) is 11.8 Å². The molecule has 0 aliphatic rings. The van der Waals surface area contributed by atoms with E-state index in [-0.39, 0.29) is 32.1 Å². The summed E-state index contributed by atoms with van der Waals surface area (Å²) in [5.74, 6) is 0.280. The van der Waals surface area contributed by atoms with Crippen molar-refractivity contribution in [2.75, 3.05) is 13.2 Å². The quantitative estimate of drug-likeness (QED) is 0.348. The van der Waals surface area contributed by atoms with Gasteiger partial charge in [0.1, 0.15) is 8.32 Å². The third-order valence-corrected chi connectivity index (χ3v) is 3.87. The Bertz CT molecular complexity index is 280. The summed E-state index contributed by atoms with van der Waals surface area (Å²) in [5.41, 5.74) is 0. The van der Waals surface area contributed by atoms with Crippen molar-refractivity contribution in [2.45, 2.75) is 33.5 Å². The fraction of sp³-hybridized carbons (Fsp3) is 0.778. The van der Waals surface area contributed by atoms with Gasteiger partial charge in [0.05, 0.1) is 19.2 Å². The van der Waals surface area contributed by atoms with Gasteiger partial charge >= 0.3 is 26.5 Å². The predicted octanol–water partition coefficient (Wildman–Crippen LogP) is -0.733. The van der Waals surface area contributed by atoms with E-state index in [1.54, 1.807) is 13.8 Å². The van der Waals surface area contributed by atoms with Crippen LogP contribution in [0, 0.1) is 0 Å². The Hall–Kier alpha value is 0.304. The van der Waals surface area contributed by atoms with Gasteiger partial charge in [0.25, 0.3) is 0 Å². The molecule has 0 saturated carbocycles. The zero-order chi connectivity index (χ0) is 12.8. The molecule has 0 rings (SSSR count). The standard InChI is InChI=1S/C9H21O5PSi.Li/c1-6-12-15(11,13-7-2)8-9(10)14-16(3,4)5;/h8,10H,6-7H2,1-5H3;/q;+1/p-1. The Morgan fingerprint density at radius 3 is 1.94 bits per heavy atom. The van der Waals surface area contributed by atoms with E-state index in [4.69, 9.17) is 13.5 Å². The molecule has 0 fully saturated rings. The summed E-state index contributed by atoms with van der Waals surface area (Å²) in [5, 5.41) is 11.4. The number of rotatable bonds is 7. The molecular formula is C9H20LiO5PSi. The van der Waals surface area contributed by atoms with Crippen LogP contribution in [-0.4, -0.2) is 21.5 Å². The van der Waals surface area contributed by atoms with Crippen molar-refractivity contribution in [1.82, 2.24) is 0 Å². The second kappa shape index (κ2) is 8.41. The fourth-order valence-electron chi connectivity index (χ4n) is 0.929. The maximum absolute atomic E-state index is 11.9. The molecule has 8 heteroatoms. The zero-order valence-electron chi connectivity index (χ0n) is 11.5. The Balaban J connectivity index is 0. The van der Waals surface area contributed by atoms with E-state index in [1.165, 1.54) is 0 Å². The average Bonchev–Trinajstić information content (AvgIpc) is 1.99. The molecule has 0 saturated heterocycles.